The molecule has 13 heavy (non-hydrogen) atoms. The van der Waals surface area contributed by atoms with Gasteiger partial charge in [-0.25, -0.2) is 0 Å². The SMILES string of the molecule is CCC1(C)CCCCC1(CO)CO. The van der Waals surface area contributed by atoms with E-state index in [1.54, 1.807) is 0 Å². The topological polar surface area (TPSA) is 40.5 Å². The van der Waals surface area contributed by atoms with Crippen LogP contribution in [0.3, 0.4) is 0 Å². The summed E-state index contributed by atoms with van der Waals surface area (Å²) < 4.78 is 0. The molecule has 78 valence electrons. The van der Waals surface area contributed by atoms with Gasteiger partial charge < -0.3 is 10.2 Å². The molecule has 2 nitrogen and oxygen atoms in total. The molecule has 0 aromatic heterocycles. The van der Waals surface area contributed by atoms with Crippen LogP contribution in [0, 0.1) is 10.8 Å². The predicted molar refractivity (Wildman–Crippen MR) is 53.5 cm³/mol. The first-order valence-electron chi connectivity index (χ1n) is 5.36. The van der Waals surface area contributed by atoms with E-state index in [0.717, 1.165) is 25.7 Å². The monoisotopic (exact) mass is 186 g/mol. The van der Waals surface area contributed by atoms with Gasteiger partial charge in [0.05, 0.1) is 13.2 Å². The van der Waals surface area contributed by atoms with Gasteiger partial charge >= 0.3 is 0 Å². The maximum Gasteiger partial charge on any atom is 0.0514 e. The molecule has 1 aliphatic carbocycles. The fraction of sp³-hybridized carbons (Fsp3) is 1.00. The summed E-state index contributed by atoms with van der Waals surface area (Å²) in [4.78, 5) is 0. The molecular formula is C11H22O2. The molecule has 1 rings (SSSR count). The molecule has 2 N–H and O–H groups in total. The number of hydrogen-bond acceptors (Lipinski definition) is 2. The molecule has 0 aliphatic heterocycles. The van der Waals surface area contributed by atoms with Crippen molar-refractivity contribution in [1.82, 2.24) is 0 Å². The Morgan fingerprint density at radius 2 is 1.62 bits per heavy atom. The van der Waals surface area contributed by atoms with Crippen LogP contribution in [0.4, 0.5) is 0 Å². The first-order valence-corrected chi connectivity index (χ1v) is 5.36. The maximum atomic E-state index is 9.45. The van der Waals surface area contributed by atoms with Gasteiger partial charge in [-0.3, -0.25) is 0 Å². The third kappa shape index (κ3) is 1.62. The van der Waals surface area contributed by atoms with Crippen LogP contribution in [-0.2, 0) is 0 Å². The molecule has 1 unspecified atom stereocenters. The third-order valence-corrected chi connectivity index (χ3v) is 4.30. The van der Waals surface area contributed by atoms with Gasteiger partial charge in [-0.2, -0.15) is 0 Å². The molecule has 1 aliphatic rings. The van der Waals surface area contributed by atoms with Crippen molar-refractivity contribution in [2.45, 2.75) is 46.0 Å². The second-order valence-electron chi connectivity index (χ2n) is 4.72. The summed E-state index contributed by atoms with van der Waals surface area (Å²) in [5.74, 6) is 0. The van der Waals surface area contributed by atoms with Gasteiger partial charge in [-0.15, -0.1) is 0 Å². The van der Waals surface area contributed by atoms with E-state index >= 15 is 0 Å². The van der Waals surface area contributed by atoms with E-state index in [1.165, 1.54) is 6.42 Å². The highest BCUT2D eigenvalue weighted by Crippen LogP contribution is 2.51. The Hall–Kier alpha value is -0.0800. The van der Waals surface area contributed by atoms with Crippen LogP contribution in [0.25, 0.3) is 0 Å². The molecule has 1 atom stereocenters. The number of aliphatic hydroxyl groups is 2. The molecule has 1 fully saturated rings. The van der Waals surface area contributed by atoms with Crippen LogP contribution in [0.5, 0.6) is 0 Å². The quantitative estimate of drug-likeness (QED) is 0.707. The van der Waals surface area contributed by atoms with Gasteiger partial charge in [0.15, 0.2) is 0 Å². The van der Waals surface area contributed by atoms with Crippen molar-refractivity contribution >= 4 is 0 Å². The maximum absolute atomic E-state index is 9.45. The lowest BCUT2D eigenvalue weighted by molar-refractivity contribution is -0.0836. The van der Waals surface area contributed by atoms with Crippen molar-refractivity contribution < 1.29 is 10.2 Å². The first kappa shape index (κ1) is 11.0. The zero-order valence-electron chi connectivity index (χ0n) is 8.84. The summed E-state index contributed by atoms with van der Waals surface area (Å²) in [6.07, 6.45) is 5.56. The molecule has 0 bridgehead atoms. The summed E-state index contributed by atoms with van der Waals surface area (Å²) in [6.45, 7) is 4.63. The molecule has 0 radical (unpaired) electrons. The van der Waals surface area contributed by atoms with Crippen LogP contribution in [0.2, 0.25) is 0 Å². The third-order valence-electron chi connectivity index (χ3n) is 4.30. The Bertz CT molecular complexity index is 163. The van der Waals surface area contributed by atoms with Crippen molar-refractivity contribution in [3.05, 3.63) is 0 Å². The number of hydrogen-bond donors (Lipinski definition) is 2. The second kappa shape index (κ2) is 3.97. The van der Waals surface area contributed by atoms with Crippen LogP contribution in [0.15, 0.2) is 0 Å². The summed E-state index contributed by atoms with van der Waals surface area (Å²) in [6, 6.07) is 0. The fourth-order valence-electron chi connectivity index (χ4n) is 2.69. The van der Waals surface area contributed by atoms with E-state index in [1.807, 2.05) is 0 Å². The van der Waals surface area contributed by atoms with E-state index < -0.39 is 0 Å². The highest BCUT2D eigenvalue weighted by atomic mass is 16.3. The van der Waals surface area contributed by atoms with E-state index in [0.29, 0.717) is 0 Å². The Balaban J connectivity index is 2.87. The van der Waals surface area contributed by atoms with Crippen LogP contribution < -0.4 is 0 Å². The highest BCUT2D eigenvalue weighted by Gasteiger charge is 2.47. The average molecular weight is 186 g/mol. The largest absolute Gasteiger partial charge is 0.396 e. The Morgan fingerprint density at radius 1 is 1.08 bits per heavy atom. The smallest absolute Gasteiger partial charge is 0.0514 e. The van der Waals surface area contributed by atoms with Crippen molar-refractivity contribution in [2.24, 2.45) is 10.8 Å². The Kier molecular flexibility index (Phi) is 3.36. The second-order valence-corrected chi connectivity index (χ2v) is 4.72. The van der Waals surface area contributed by atoms with Crippen molar-refractivity contribution in [3.8, 4) is 0 Å². The zero-order chi connectivity index (χ0) is 9.95. The Labute approximate surface area is 81.0 Å². The van der Waals surface area contributed by atoms with Crippen molar-refractivity contribution in [3.63, 3.8) is 0 Å². The molecule has 0 spiro atoms. The molecule has 0 aromatic carbocycles. The van der Waals surface area contributed by atoms with Gasteiger partial charge in [0.25, 0.3) is 0 Å². The standard InChI is InChI=1S/C11H22O2/c1-3-10(2)6-4-5-7-11(10,8-12)9-13/h12-13H,3-9H2,1-2H3. The van der Waals surface area contributed by atoms with Crippen LogP contribution >= 0.6 is 0 Å². The van der Waals surface area contributed by atoms with Crippen molar-refractivity contribution in [1.29, 1.82) is 0 Å². The fourth-order valence-corrected chi connectivity index (χ4v) is 2.69. The van der Waals surface area contributed by atoms with Crippen LogP contribution in [-0.4, -0.2) is 23.4 Å². The lowest BCUT2D eigenvalue weighted by atomic mass is 9.56. The minimum atomic E-state index is -0.222. The van der Waals surface area contributed by atoms with Gasteiger partial charge in [0, 0.05) is 5.41 Å². The predicted octanol–water partition coefficient (Wildman–Crippen LogP) is 1.95. The summed E-state index contributed by atoms with van der Waals surface area (Å²) in [7, 11) is 0. The molecule has 1 saturated carbocycles. The van der Waals surface area contributed by atoms with Crippen LogP contribution in [0.1, 0.15) is 46.0 Å². The van der Waals surface area contributed by atoms with E-state index in [-0.39, 0.29) is 24.0 Å². The average Bonchev–Trinajstić information content (AvgIpc) is 2.19. The molecule has 0 aromatic rings. The van der Waals surface area contributed by atoms with Crippen molar-refractivity contribution in [2.75, 3.05) is 13.2 Å². The van der Waals surface area contributed by atoms with Gasteiger partial charge in [0.2, 0.25) is 0 Å². The minimum absolute atomic E-state index is 0.133. The molecule has 2 heteroatoms. The highest BCUT2D eigenvalue weighted by molar-refractivity contribution is 4.96. The minimum Gasteiger partial charge on any atom is -0.396 e. The lowest BCUT2D eigenvalue weighted by Crippen LogP contribution is -2.47. The molecular weight excluding hydrogens is 164 g/mol. The Morgan fingerprint density at radius 3 is 2.00 bits per heavy atom. The van der Waals surface area contributed by atoms with E-state index in [9.17, 15) is 10.2 Å². The molecule has 0 heterocycles. The zero-order valence-corrected chi connectivity index (χ0v) is 8.84. The van der Waals surface area contributed by atoms with Gasteiger partial charge in [-0.05, 0) is 18.3 Å². The first-order chi connectivity index (χ1) is 6.14. The lowest BCUT2D eigenvalue weighted by Gasteiger charge is -2.50. The van der Waals surface area contributed by atoms with E-state index in [4.69, 9.17) is 0 Å². The van der Waals surface area contributed by atoms with E-state index in [2.05, 4.69) is 13.8 Å². The van der Waals surface area contributed by atoms with Gasteiger partial charge in [0.1, 0.15) is 0 Å². The molecule has 0 amide bonds. The summed E-state index contributed by atoms with van der Waals surface area (Å²) >= 11 is 0. The summed E-state index contributed by atoms with van der Waals surface area (Å²) in [5.41, 5.74) is -0.0885. The summed E-state index contributed by atoms with van der Waals surface area (Å²) in [5, 5.41) is 18.9. The normalized spacial score (nSPS) is 33.2. The number of rotatable bonds is 3. The molecule has 0 saturated heterocycles. The van der Waals surface area contributed by atoms with Gasteiger partial charge in [-0.1, -0.05) is 33.1 Å². The number of aliphatic hydroxyl groups excluding tert-OH is 2.